The Labute approximate surface area is 299 Å². The third-order valence-electron chi connectivity index (χ3n) is 10.0. The number of hydrogen-bond acceptors (Lipinski definition) is 11. The topological polar surface area (TPSA) is 175 Å². The molecule has 13 heteroatoms. The number of aliphatic hydroxyl groups excluding tert-OH is 3. The number of carbonyl (C=O) groups excluding carboxylic acids is 1. The van der Waals surface area contributed by atoms with Crippen LogP contribution in [0.25, 0.3) is 16.8 Å². The zero-order chi connectivity index (χ0) is 36.8. The molecule has 2 saturated heterocycles. The number of rotatable bonds is 14. The first-order valence-corrected chi connectivity index (χ1v) is 17.8. The summed E-state index contributed by atoms with van der Waals surface area (Å²) in [7, 11) is 1.35. The van der Waals surface area contributed by atoms with Gasteiger partial charge in [0.15, 0.2) is 6.29 Å². The maximum Gasteiger partial charge on any atom is 0.262 e. The van der Waals surface area contributed by atoms with Crippen molar-refractivity contribution in [3.8, 4) is 6.07 Å². The summed E-state index contributed by atoms with van der Waals surface area (Å²) >= 11 is 0. The predicted octanol–water partition coefficient (Wildman–Crippen LogP) is 3.50. The van der Waals surface area contributed by atoms with Gasteiger partial charge in [-0.05, 0) is 93.5 Å². The van der Waals surface area contributed by atoms with E-state index in [1.165, 1.54) is 36.7 Å². The van der Waals surface area contributed by atoms with Gasteiger partial charge in [-0.15, -0.1) is 5.10 Å². The molecule has 5 rings (SSSR count). The van der Waals surface area contributed by atoms with E-state index < -0.39 is 47.8 Å². The Morgan fingerprint density at radius 2 is 1.80 bits per heavy atom. The number of anilines is 1. The van der Waals surface area contributed by atoms with E-state index in [1.54, 1.807) is 12.3 Å². The first-order valence-electron chi connectivity index (χ1n) is 17.8. The van der Waals surface area contributed by atoms with E-state index in [-0.39, 0.29) is 12.1 Å². The largest absolute Gasteiger partial charge is 0.388 e. The van der Waals surface area contributed by atoms with Gasteiger partial charge < -0.3 is 39.7 Å². The van der Waals surface area contributed by atoms with Gasteiger partial charge in [0.05, 0.1) is 17.8 Å². The van der Waals surface area contributed by atoms with E-state index in [1.807, 2.05) is 45.9 Å². The Kier molecular flexibility index (Phi) is 12.5. The number of amides is 1. The lowest BCUT2D eigenvalue weighted by molar-refractivity contribution is -0.292. The van der Waals surface area contributed by atoms with Gasteiger partial charge in [0, 0.05) is 50.7 Å². The van der Waals surface area contributed by atoms with Crippen LogP contribution in [0.2, 0.25) is 0 Å². The summed E-state index contributed by atoms with van der Waals surface area (Å²) in [5.74, 6) is -0.441. The Morgan fingerprint density at radius 1 is 1.08 bits per heavy atom. The van der Waals surface area contributed by atoms with E-state index >= 15 is 0 Å². The number of aliphatic hydroxyl groups is 3. The molecule has 2 aliphatic rings. The summed E-state index contributed by atoms with van der Waals surface area (Å²) in [5.41, 5.74) is 1.48. The number of carbonyl (C=O) groups is 1. The molecule has 51 heavy (non-hydrogen) atoms. The van der Waals surface area contributed by atoms with Gasteiger partial charge in [-0.2, -0.15) is 5.26 Å². The molecule has 0 radical (unpaired) electrons. The molecule has 276 valence electrons. The zero-order valence-corrected chi connectivity index (χ0v) is 30.3. The standard InChI is InChI=1S/C38H52N6O7/c1-6-38(4,21-29-23-44(42-41-29)24-31-32(45)33(46)34(47)36(49-5)51-31)50-17-14-37(2,3)40-35(48)28(22-39)19-25-10-11-27-20-30(13-12-26(27)18-25)43-15-8-7-9-16-43/h10-13,18-20,23,31-34,36,45-47H,6-9,14-17,21,24H2,1-5H3,(H,40,48). The summed E-state index contributed by atoms with van der Waals surface area (Å²) < 4.78 is 18.6. The highest BCUT2D eigenvalue weighted by Crippen LogP contribution is 2.27. The number of fused-ring (bicyclic) bond motifs is 1. The average molecular weight is 705 g/mol. The summed E-state index contributed by atoms with van der Waals surface area (Å²) in [4.78, 5) is 15.7. The van der Waals surface area contributed by atoms with Gasteiger partial charge in [0.25, 0.3) is 5.91 Å². The normalized spacial score (nSPS) is 24.3. The van der Waals surface area contributed by atoms with Crippen molar-refractivity contribution < 1.29 is 34.3 Å². The smallest absolute Gasteiger partial charge is 0.262 e. The van der Waals surface area contributed by atoms with Gasteiger partial charge in [-0.1, -0.05) is 30.3 Å². The predicted molar refractivity (Wildman–Crippen MR) is 193 cm³/mol. The van der Waals surface area contributed by atoms with Crippen LogP contribution in [-0.2, 0) is 32.0 Å². The highest BCUT2D eigenvalue weighted by Gasteiger charge is 2.44. The molecule has 0 aliphatic carbocycles. The Morgan fingerprint density at radius 3 is 2.51 bits per heavy atom. The summed E-state index contributed by atoms with van der Waals surface area (Å²) in [5, 5.41) is 54.1. The van der Waals surface area contributed by atoms with Crippen molar-refractivity contribution in [2.24, 2.45) is 0 Å². The van der Waals surface area contributed by atoms with Crippen molar-refractivity contribution in [3.05, 3.63) is 59.4 Å². The SMILES string of the molecule is CCC(C)(Cc1cn(CC2OC(OC)C(O)C(O)C2O)nn1)OCCC(C)(C)NC(=O)C(C#N)=Cc1ccc2cc(N3CCCCC3)ccc2c1. The van der Waals surface area contributed by atoms with Crippen molar-refractivity contribution in [2.45, 2.75) is 115 Å². The molecule has 2 aliphatic heterocycles. The van der Waals surface area contributed by atoms with Crippen LogP contribution in [0.3, 0.4) is 0 Å². The molecule has 0 saturated carbocycles. The fourth-order valence-corrected chi connectivity index (χ4v) is 6.61. The molecule has 0 bridgehead atoms. The second-order valence-electron chi connectivity index (χ2n) is 14.6. The number of hydrogen-bond donors (Lipinski definition) is 4. The fourth-order valence-electron chi connectivity index (χ4n) is 6.61. The molecule has 13 nitrogen and oxygen atoms in total. The minimum Gasteiger partial charge on any atom is -0.388 e. The van der Waals surface area contributed by atoms with Gasteiger partial charge in [0.2, 0.25) is 0 Å². The molecule has 1 amide bonds. The maximum atomic E-state index is 13.2. The number of nitrogens with zero attached hydrogens (tertiary/aromatic N) is 5. The molecule has 3 heterocycles. The zero-order valence-electron chi connectivity index (χ0n) is 30.3. The van der Waals surface area contributed by atoms with Crippen molar-refractivity contribution in [1.29, 1.82) is 5.26 Å². The molecule has 6 unspecified atom stereocenters. The Hall–Kier alpha value is -3.90. The molecular formula is C38H52N6O7. The maximum absolute atomic E-state index is 13.2. The van der Waals surface area contributed by atoms with E-state index in [0.717, 1.165) is 29.4 Å². The van der Waals surface area contributed by atoms with Crippen LogP contribution in [0, 0.1) is 11.3 Å². The summed E-state index contributed by atoms with van der Waals surface area (Å²) in [6, 6.07) is 14.5. The second-order valence-corrected chi connectivity index (χ2v) is 14.6. The fraction of sp³-hybridized carbons (Fsp3) is 0.579. The van der Waals surface area contributed by atoms with Crippen molar-refractivity contribution in [1.82, 2.24) is 20.3 Å². The number of methoxy groups -OCH3 is 1. The van der Waals surface area contributed by atoms with Crippen LogP contribution in [0.5, 0.6) is 0 Å². The summed E-state index contributed by atoms with van der Waals surface area (Å²) in [6.07, 6.45) is 2.66. The molecule has 0 spiro atoms. The number of nitriles is 1. The van der Waals surface area contributed by atoms with Crippen LogP contribution in [0.1, 0.15) is 71.1 Å². The highest BCUT2D eigenvalue weighted by atomic mass is 16.7. The molecule has 6 atom stereocenters. The van der Waals surface area contributed by atoms with Crippen LogP contribution < -0.4 is 10.2 Å². The molecule has 1 aromatic heterocycles. The van der Waals surface area contributed by atoms with E-state index in [9.17, 15) is 25.4 Å². The van der Waals surface area contributed by atoms with Gasteiger partial charge in [-0.25, -0.2) is 4.68 Å². The van der Waals surface area contributed by atoms with Crippen molar-refractivity contribution in [2.75, 3.05) is 31.7 Å². The Balaban J connectivity index is 1.14. The molecule has 2 aromatic carbocycles. The van der Waals surface area contributed by atoms with Gasteiger partial charge >= 0.3 is 0 Å². The number of ether oxygens (including phenoxy) is 3. The first kappa shape index (κ1) is 38.3. The minimum atomic E-state index is -1.42. The lowest BCUT2D eigenvalue weighted by atomic mass is 9.96. The number of benzene rings is 2. The highest BCUT2D eigenvalue weighted by molar-refractivity contribution is 6.02. The third-order valence-corrected chi connectivity index (χ3v) is 10.0. The van der Waals surface area contributed by atoms with E-state index in [2.05, 4.69) is 44.8 Å². The van der Waals surface area contributed by atoms with Crippen molar-refractivity contribution in [3.63, 3.8) is 0 Å². The number of aromatic nitrogens is 3. The molecular weight excluding hydrogens is 652 g/mol. The van der Waals surface area contributed by atoms with Gasteiger partial charge in [0.1, 0.15) is 36.1 Å². The average Bonchev–Trinajstić information content (AvgIpc) is 3.56. The van der Waals surface area contributed by atoms with E-state index in [4.69, 9.17) is 14.2 Å². The van der Waals surface area contributed by atoms with Crippen LogP contribution in [0.4, 0.5) is 5.69 Å². The molecule has 3 aromatic rings. The summed E-state index contributed by atoms with van der Waals surface area (Å²) in [6.45, 7) is 10.4. The quantitative estimate of drug-likeness (QED) is 0.143. The number of piperidine rings is 1. The third kappa shape index (κ3) is 9.71. The minimum absolute atomic E-state index is 0.0318. The Bertz CT molecular complexity index is 1710. The van der Waals surface area contributed by atoms with Crippen LogP contribution in [-0.4, -0.2) is 105 Å². The van der Waals surface area contributed by atoms with Gasteiger partial charge in [-0.3, -0.25) is 4.79 Å². The molecule has 4 N–H and O–H groups in total. The molecule has 2 fully saturated rings. The number of nitrogens with one attached hydrogen (secondary N) is 1. The van der Waals surface area contributed by atoms with Crippen molar-refractivity contribution >= 4 is 28.4 Å². The van der Waals surface area contributed by atoms with Crippen LogP contribution in [0.15, 0.2) is 48.2 Å². The monoisotopic (exact) mass is 704 g/mol. The second kappa shape index (κ2) is 16.6. The lowest BCUT2D eigenvalue weighted by Crippen LogP contribution is -2.58. The lowest BCUT2D eigenvalue weighted by Gasteiger charge is -2.39. The first-order chi connectivity index (χ1) is 24.3. The van der Waals surface area contributed by atoms with Crippen LogP contribution >= 0.6 is 0 Å². The van der Waals surface area contributed by atoms with E-state index in [0.29, 0.717) is 31.6 Å².